The predicted molar refractivity (Wildman–Crippen MR) is 122 cm³/mol. The Morgan fingerprint density at radius 2 is 1.81 bits per heavy atom. The van der Waals surface area contributed by atoms with E-state index in [0.717, 1.165) is 30.9 Å². The van der Waals surface area contributed by atoms with Crippen molar-refractivity contribution in [1.82, 2.24) is 30.3 Å². The molecule has 0 saturated carbocycles. The van der Waals surface area contributed by atoms with Gasteiger partial charge in [0.25, 0.3) is 5.91 Å². The van der Waals surface area contributed by atoms with Gasteiger partial charge in [-0.2, -0.15) is 5.10 Å². The third-order valence-corrected chi connectivity index (χ3v) is 5.30. The zero-order valence-electron chi connectivity index (χ0n) is 17.8. The van der Waals surface area contributed by atoms with Crippen molar-refractivity contribution < 1.29 is 9.59 Å². The van der Waals surface area contributed by atoms with Gasteiger partial charge in [-0.15, -0.1) is 0 Å². The maximum Gasteiger partial charge on any atom is 0.319 e. The van der Waals surface area contributed by atoms with Crippen LogP contribution in [-0.2, 0) is 6.54 Å². The summed E-state index contributed by atoms with van der Waals surface area (Å²) in [6.45, 7) is 4.11. The number of benzene rings is 1. The number of aromatic nitrogens is 3. The van der Waals surface area contributed by atoms with Crippen LogP contribution in [0.5, 0.6) is 0 Å². The highest BCUT2D eigenvalue weighted by atomic mass is 16.2. The Morgan fingerprint density at radius 1 is 1.00 bits per heavy atom. The van der Waals surface area contributed by atoms with Crippen LogP contribution in [-0.4, -0.2) is 57.8 Å². The summed E-state index contributed by atoms with van der Waals surface area (Å²) in [7, 11) is 0. The first-order chi connectivity index (χ1) is 15.7. The third kappa shape index (κ3) is 5.92. The molecule has 0 unspecified atom stereocenters. The van der Waals surface area contributed by atoms with E-state index in [2.05, 4.69) is 30.9 Å². The van der Waals surface area contributed by atoms with Crippen LogP contribution in [0.3, 0.4) is 0 Å². The molecule has 1 aromatic carbocycles. The highest BCUT2D eigenvalue weighted by Crippen LogP contribution is 2.13. The van der Waals surface area contributed by atoms with E-state index in [4.69, 9.17) is 0 Å². The molecule has 166 valence electrons. The van der Waals surface area contributed by atoms with E-state index < -0.39 is 0 Å². The second-order valence-electron chi connectivity index (χ2n) is 7.67. The molecular formula is C23H27N7O2. The molecular weight excluding hydrogens is 406 g/mol. The number of hydrogen-bond donors (Lipinski definition) is 3. The molecule has 3 heterocycles. The van der Waals surface area contributed by atoms with Crippen molar-refractivity contribution in [2.24, 2.45) is 0 Å². The summed E-state index contributed by atoms with van der Waals surface area (Å²) < 4.78 is 1.64. The zero-order valence-corrected chi connectivity index (χ0v) is 17.8. The lowest BCUT2D eigenvalue weighted by molar-refractivity contribution is 0.0944. The first-order valence-electron chi connectivity index (χ1n) is 10.8. The maximum atomic E-state index is 12.3. The van der Waals surface area contributed by atoms with Crippen molar-refractivity contribution in [2.45, 2.75) is 19.4 Å². The first-order valence-corrected chi connectivity index (χ1v) is 10.8. The van der Waals surface area contributed by atoms with Crippen LogP contribution in [0.4, 0.5) is 10.5 Å². The number of nitrogens with one attached hydrogen (secondary N) is 3. The Labute approximate surface area is 186 Å². The Kier molecular flexibility index (Phi) is 7.08. The van der Waals surface area contributed by atoms with Gasteiger partial charge in [0.05, 0.1) is 5.69 Å². The van der Waals surface area contributed by atoms with Gasteiger partial charge in [0.2, 0.25) is 0 Å². The molecule has 9 nitrogen and oxygen atoms in total. The van der Waals surface area contributed by atoms with Gasteiger partial charge >= 0.3 is 6.03 Å². The molecule has 3 aromatic rings. The van der Waals surface area contributed by atoms with E-state index in [9.17, 15) is 9.59 Å². The predicted octanol–water partition coefficient (Wildman–Crippen LogP) is 2.41. The second-order valence-corrected chi connectivity index (χ2v) is 7.67. The fraction of sp³-hybridized carbons (Fsp3) is 0.304. The molecule has 0 atom stereocenters. The van der Waals surface area contributed by atoms with Crippen molar-refractivity contribution >= 4 is 17.6 Å². The quantitative estimate of drug-likeness (QED) is 0.506. The number of carbonyl (C=O) groups is 2. The van der Waals surface area contributed by atoms with E-state index in [1.807, 2.05) is 24.3 Å². The minimum atomic E-state index is -0.298. The molecule has 9 heteroatoms. The van der Waals surface area contributed by atoms with Crippen LogP contribution < -0.4 is 16.0 Å². The minimum Gasteiger partial charge on any atom is -0.349 e. The van der Waals surface area contributed by atoms with E-state index in [-0.39, 0.29) is 11.9 Å². The summed E-state index contributed by atoms with van der Waals surface area (Å²) in [5.74, 6) is -0.175. The van der Waals surface area contributed by atoms with Gasteiger partial charge < -0.3 is 20.9 Å². The smallest absolute Gasteiger partial charge is 0.319 e. The zero-order chi connectivity index (χ0) is 22.2. The normalized spacial score (nSPS) is 13.6. The maximum absolute atomic E-state index is 12.3. The molecule has 32 heavy (non-hydrogen) atoms. The molecule has 4 rings (SSSR count). The molecule has 0 radical (unpaired) electrons. The van der Waals surface area contributed by atoms with Gasteiger partial charge in [0, 0.05) is 43.9 Å². The summed E-state index contributed by atoms with van der Waals surface area (Å²) in [5, 5.41) is 12.9. The van der Waals surface area contributed by atoms with Gasteiger partial charge in [-0.3, -0.25) is 9.78 Å². The Morgan fingerprint density at radius 3 is 2.56 bits per heavy atom. The lowest BCUT2D eigenvalue weighted by Crippen LogP contribution is -2.33. The molecule has 0 aliphatic carbocycles. The van der Waals surface area contributed by atoms with Crippen LogP contribution in [0, 0.1) is 0 Å². The summed E-state index contributed by atoms with van der Waals surface area (Å²) >= 11 is 0. The standard InChI is InChI=1S/C23H27N7O2/c31-22(25-11-15-29-12-1-2-13-29)21-9-14-30(28-21)20-7-5-19(6-8-20)27-23(32)26-17-18-4-3-10-24-16-18/h3-10,14,16H,1-2,11-13,15,17H2,(H,25,31)(H2,26,27,32). The van der Waals surface area contributed by atoms with E-state index in [0.29, 0.717) is 24.5 Å². The van der Waals surface area contributed by atoms with Crippen molar-refractivity contribution in [3.63, 3.8) is 0 Å². The van der Waals surface area contributed by atoms with Gasteiger partial charge in [0.1, 0.15) is 0 Å². The number of hydrogen-bond acceptors (Lipinski definition) is 5. The summed E-state index contributed by atoms with van der Waals surface area (Å²) in [6, 6.07) is 12.4. The van der Waals surface area contributed by atoms with Crippen molar-refractivity contribution in [3.8, 4) is 5.69 Å². The number of urea groups is 1. The number of amides is 3. The molecule has 1 saturated heterocycles. The monoisotopic (exact) mass is 433 g/mol. The van der Waals surface area contributed by atoms with E-state index in [1.54, 1.807) is 41.5 Å². The third-order valence-electron chi connectivity index (χ3n) is 5.30. The number of pyridine rings is 1. The summed E-state index contributed by atoms with van der Waals surface area (Å²) in [6.07, 6.45) is 7.63. The number of carbonyl (C=O) groups excluding carboxylic acids is 2. The Hall–Kier alpha value is -3.72. The van der Waals surface area contributed by atoms with Crippen LogP contribution >= 0.6 is 0 Å². The molecule has 1 aliphatic rings. The van der Waals surface area contributed by atoms with E-state index in [1.165, 1.54) is 12.8 Å². The summed E-state index contributed by atoms with van der Waals surface area (Å²) in [4.78, 5) is 30.8. The lowest BCUT2D eigenvalue weighted by Gasteiger charge is -2.14. The second kappa shape index (κ2) is 10.5. The molecule has 1 fully saturated rings. The molecule has 3 amide bonds. The van der Waals surface area contributed by atoms with Crippen LogP contribution in [0.1, 0.15) is 28.9 Å². The average molecular weight is 434 g/mol. The van der Waals surface area contributed by atoms with Crippen molar-refractivity contribution in [2.75, 3.05) is 31.5 Å². The Bertz CT molecular complexity index is 1030. The van der Waals surface area contributed by atoms with Crippen LogP contribution in [0.15, 0.2) is 61.1 Å². The lowest BCUT2D eigenvalue weighted by atomic mass is 10.3. The molecule has 2 aromatic heterocycles. The van der Waals surface area contributed by atoms with Crippen LogP contribution in [0.25, 0.3) is 5.69 Å². The van der Waals surface area contributed by atoms with Gasteiger partial charge in [-0.1, -0.05) is 6.07 Å². The largest absolute Gasteiger partial charge is 0.349 e. The molecule has 1 aliphatic heterocycles. The van der Waals surface area contributed by atoms with Crippen molar-refractivity contribution in [1.29, 1.82) is 0 Å². The highest BCUT2D eigenvalue weighted by Gasteiger charge is 2.13. The first kappa shape index (κ1) is 21.5. The van der Waals surface area contributed by atoms with Gasteiger partial charge in [-0.05, 0) is 67.9 Å². The number of nitrogens with zero attached hydrogens (tertiary/aromatic N) is 4. The Balaban J connectivity index is 1.26. The minimum absolute atomic E-state index is 0.175. The average Bonchev–Trinajstić information content (AvgIpc) is 3.51. The van der Waals surface area contributed by atoms with Crippen molar-refractivity contribution in [3.05, 3.63) is 72.3 Å². The number of anilines is 1. The van der Waals surface area contributed by atoms with E-state index >= 15 is 0 Å². The fourth-order valence-electron chi connectivity index (χ4n) is 3.57. The van der Waals surface area contributed by atoms with Crippen LogP contribution in [0.2, 0.25) is 0 Å². The summed E-state index contributed by atoms with van der Waals surface area (Å²) in [5.41, 5.74) is 2.75. The molecule has 0 bridgehead atoms. The SMILES string of the molecule is O=C(NCc1cccnc1)Nc1ccc(-n2ccc(C(=O)NCCN3CCCC3)n2)cc1. The highest BCUT2D eigenvalue weighted by molar-refractivity contribution is 5.92. The van der Waals surface area contributed by atoms with Gasteiger partial charge in [-0.25, -0.2) is 9.48 Å². The number of likely N-dealkylation sites (tertiary alicyclic amines) is 1. The topological polar surface area (TPSA) is 104 Å². The fourth-order valence-corrected chi connectivity index (χ4v) is 3.57. The molecule has 3 N–H and O–H groups in total. The van der Waals surface area contributed by atoms with Gasteiger partial charge in [0.15, 0.2) is 5.69 Å². The number of rotatable bonds is 8. The molecule has 0 spiro atoms.